The number of rotatable bonds is 1. The lowest BCUT2D eigenvalue weighted by Gasteiger charge is -2.08. The molecule has 0 aromatic rings. The summed E-state index contributed by atoms with van der Waals surface area (Å²) in [5.74, 6) is 0. The van der Waals surface area contributed by atoms with E-state index in [1.807, 2.05) is 11.8 Å². The first-order chi connectivity index (χ1) is 4.68. The summed E-state index contributed by atoms with van der Waals surface area (Å²) >= 11 is 1.83. The predicted molar refractivity (Wildman–Crippen MR) is 47.6 cm³/mol. The van der Waals surface area contributed by atoms with Gasteiger partial charge in [0.25, 0.3) is 0 Å². The molecule has 0 saturated heterocycles. The van der Waals surface area contributed by atoms with E-state index in [2.05, 4.69) is 31.1 Å². The highest BCUT2D eigenvalue weighted by Crippen LogP contribution is 2.18. The van der Waals surface area contributed by atoms with Crippen LogP contribution in [0.25, 0.3) is 0 Å². The van der Waals surface area contributed by atoms with Gasteiger partial charge in [0.1, 0.15) is 0 Å². The zero-order chi connectivity index (χ0) is 7.56. The summed E-state index contributed by atoms with van der Waals surface area (Å²) in [5, 5.41) is 5.07. The van der Waals surface area contributed by atoms with Crippen molar-refractivity contribution >= 4 is 16.9 Å². The molecule has 0 radical (unpaired) electrons. The molecule has 1 rings (SSSR count). The predicted octanol–water partition coefficient (Wildman–Crippen LogP) is 1.48. The maximum atomic E-state index is 4.33. The van der Waals surface area contributed by atoms with Gasteiger partial charge >= 0.3 is 0 Å². The van der Waals surface area contributed by atoms with E-state index in [9.17, 15) is 0 Å². The fraction of sp³-hybridized carbons (Fsp3) is 0.857. The second kappa shape index (κ2) is 3.28. The molecule has 0 aliphatic carbocycles. The van der Waals surface area contributed by atoms with Crippen molar-refractivity contribution in [3.8, 4) is 0 Å². The van der Waals surface area contributed by atoms with Crippen LogP contribution in [-0.2, 0) is 0 Å². The lowest BCUT2D eigenvalue weighted by atomic mass is 10.4. The van der Waals surface area contributed by atoms with Crippen molar-refractivity contribution in [2.75, 3.05) is 6.54 Å². The van der Waals surface area contributed by atoms with Gasteiger partial charge < -0.3 is 5.32 Å². The first kappa shape index (κ1) is 7.92. The fourth-order valence-corrected chi connectivity index (χ4v) is 1.79. The quantitative estimate of drug-likeness (QED) is 0.625. The van der Waals surface area contributed by atoms with Crippen LogP contribution in [0.3, 0.4) is 0 Å². The highest BCUT2D eigenvalue weighted by Gasteiger charge is 2.14. The van der Waals surface area contributed by atoms with Gasteiger partial charge in [-0.25, -0.2) is 0 Å². The second-order valence-corrected chi connectivity index (χ2v) is 4.30. The van der Waals surface area contributed by atoms with Gasteiger partial charge in [0, 0.05) is 11.3 Å². The van der Waals surface area contributed by atoms with Crippen LogP contribution in [0.4, 0.5) is 0 Å². The summed E-state index contributed by atoms with van der Waals surface area (Å²) in [5.41, 5.74) is 0. The Labute approximate surface area is 66.5 Å². The summed E-state index contributed by atoms with van der Waals surface area (Å²) in [7, 11) is 0. The van der Waals surface area contributed by atoms with Gasteiger partial charge in [-0.2, -0.15) is 0 Å². The number of amidine groups is 1. The standard InChI is InChI=1S/C7H14N2S/c1-5(2)9-7-8-4-6(3)10-7/h5-6H,4H2,1-3H3,(H,8,9)/t6-/m0/s1. The smallest absolute Gasteiger partial charge is 0.157 e. The van der Waals surface area contributed by atoms with Crippen LogP contribution in [0.5, 0.6) is 0 Å². The van der Waals surface area contributed by atoms with Crippen LogP contribution in [-0.4, -0.2) is 23.0 Å². The van der Waals surface area contributed by atoms with Crippen molar-refractivity contribution in [3.63, 3.8) is 0 Å². The molecular formula is C7H14N2S. The highest BCUT2D eigenvalue weighted by molar-refractivity contribution is 8.14. The Bertz CT molecular complexity index is 143. The largest absolute Gasteiger partial charge is 0.363 e. The molecule has 0 aromatic carbocycles. The molecule has 0 amide bonds. The molecule has 0 saturated carbocycles. The van der Waals surface area contributed by atoms with Gasteiger partial charge in [-0.1, -0.05) is 18.7 Å². The summed E-state index contributed by atoms with van der Waals surface area (Å²) in [4.78, 5) is 4.33. The lowest BCUT2D eigenvalue weighted by molar-refractivity contribution is 0.739. The van der Waals surface area contributed by atoms with Crippen LogP contribution in [0, 0.1) is 0 Å². The van der Waals surface area contributed by atoms with Gasteiger partial charge in [0.05, 0.1) is 6.54 Å². The van der Waals surface area contributed by atoms with Crippen molar-refractivity contribution in [2.45, 2.75) is 32.1 Å². The molecule has 2 nitrogen and oxygen atoms in total. The molecule has 1 aliphatic heterocycles. The third-order valence-corrected chi connectivity index (χ3v) is 2.24. The van der Waals surface area contributed by atoms with E-state index in [-0.39, 0.29) is 0 Å². The molecular weight excluding hydrogens is 144 g/mol. The average Bonchev–Trinajstić information content (AvgIpc) is 2.13. The fourth-order valence-electron chi connectivity index (χ4n) is 0.803. The third-order valence-electron chi connectivity index (χ3n) is 1.22. The summed E-state index contributed by atoms with van der Waals surface area (Å²) in [6, 6.07) is 0.511. The molecule has 3 heteroatoms. The van der Waals surface area contributed by atoms with E-state index >= 15 is 0 Å². The van der Waals surface area contributed by atoms with Crippen LogP contribution < -0.4 is 5.32 Å². The zero-order valence-corrected chi connectivity index (χ0v) is 7.53. The Morgan fingerprint density at radius 3 is 2.80 bits per heavy atom. The first-order valence-corrected chi connectivity index (χ1v) is 4.54. The molecule has 0 unspecified atom stereocenters. The van der Waals surface area contributed by atoms with Crippen LogP contribution in [0.15, 0.2) is 4.99 Å². The van der Waals surface area contributed by atoms with E-state index < -0.39 is 0 Å². The molecule has 1 aliphatic rings. The third kappa shape index (κ3) is 2.21. The Morgan fingerprint density at radius 2 is 2.40 bits per heavy atom. The molecule has 1 N–H and O–H groups in total. The van der Waals surface area contributed by atoms with Gasteiger partial charge in [0.2, 0.25) is 0 Å². The number of aliphatic imine (C=N–C) groups is 1. The lowest BCUT2D eigenvalue weighted by Crippen LogP contribution is -2.26. The first-order valence-electron chi connectivity index (χ1n) is 3.66. The Balaban J connectivity index is 2.30. The minimum absolute atomic E-state index is 0.511. The number of nitrogens with one attached hydrogen (secondary N) is 1. The Kier molecular flexibility index (Phi) is 2.60. The normalized spacial score (nSPS) is 25.2. The van der Waals surface area contributed by atoms with E-state index in [0.717, 1.165) is 11.7 Å². The van der Waals surface area contributed by atoms with Gasteiger partial charge in [-0.05, 0) is 13.8 Å². The maximum absolute atomic E-state index is 4.33. The second-order valence-electron chi connectivity index (χ2n) is 2.87. The number of hydrogen-bond donors (Lipinski definition) is 1. The molecule has 0 aromatic heterocycles. The summed E-state index contributed by atoms with van der Waals surface area (Å²) < 4.78 is 0. The molecule has 1 heterocycles. The maximum Gasteiger partial charge on any atom is 0.157 e. The van der Waals surface area contributed by atoms with Crippen molar-refractivity contribution in [1.82, 2.24) is 5.32 Å². The van der Waals surface area contributed by atoms with Crippen molar-refractivity contribution in [1.29, 1.82) is 0 Å². The molecule has 1 atom stereocenters. The van der Waals surface area contributed by atoms with Gasteiger partial charge in [-0.3, -0.25) is 4.99 Å². The average molecular weight is 158 g/mol. The zero-order valence-electron chi connectivity index (χ0n) is 6.72. The Morgan fingerprint density at radius 1 is 1.70 bits per heavy atom. The molecule has 10 heavy (non-hydrogen) atoms. The van der Waals surface area contributed by atoms with Gasteiger partial charge in [-0.15, -0.1) is 0 Å². The van der Waals surface area contributed by atoms with Crippen molar-refractivity contribution in [2.24, 2.45) is 4.99 Å². The molecule has 58 valence electrons. The topological polar surface area (TPSA) is 24.4 Å². The monoisotopic (exact) mass is 158 g/mol. The number of thioether (sulfide) groups is 1. The SMILES string of the molecule is CC(C)NC1=NC[C@H](C)S1. The molecule has 0 spiro atoms. The summed E-state index contributed by atoms with van der Waals surface area (Å²) in [6.07, 6.45) is 0. The molecule has 0 bridgehead atoms. The number of nitrogens with zero attached hydrogens (tertiary/aromatic N) is 1. The van der Waals surface area contributed by atoms with E-state index in [0.29, 0.717) is 11.3 Å². The van der Waals surface area contributed by atoms with Crippen LogP contribution >= 0.6 is 11.8 Å². The van der Waals surface area contributed by atoms with E-state index in [1.54, 1.807) is 0 Å². The van der Waals surface area contributed by atoms with E-state index in [4.69, 9.17) is 0 Å². The minimum atomic E-state index is 0.511. The number of hydrogen-bond acceptors (Lipinski definition) is 3. The van der Waals surface area contributed by atoms with E-state index in [1.165, 1.54) is 0 Å². The Hall–Kier alpha value is -0.180. The van der Waals surface area contributed by atoms with Crippen molar-refractivity contribution in [3.05, 3.63) is 0 Å². The minimum Gasteiger partial charge on any atom is -0.363 e. The highest BCUT2D eigenvalue weighted by atomic mass is 32.2. The van der Waals surface area contributed by atoms with Crippen LogP contribution in [0.1, 0.15) is 20.8 Å². The van der Waals surface area contributed by atoms with Gasteiger partial charge in [0.15, 0.2) is 5.17 Å². The van der Waals surface area contributed by atoms with Crippen molar-refractivity contribution < 1.29 is 0 Å². The molecule has 0 fully saturated rings. The van der Waals surface area contributed by atoms with Crippen LogP contribution in [0.2, 0.25) is 0 Å². The summed E-state index contributed by atoms with van der Waals surface area (Å²) in [6.45, 7) is 7.43.